The normalized spacial score (nSPS) is 14.0. The number of aromatic amines is 1. The smallest absolute Gasteiger partial charge is 0.255 e. The molecule has 2 aromatic heterocycles. The van der Waals surface area contributed by atoms with Gasteiger partial charge in [0.1, 0.15) is 0 Å². The third kappa shape index (κ3) is 4.71. The number of anilines is 2. The highest BCUT2D eigenvalue weighted by atomic mass is 32.1. The number of nitrogens with one attached hydrogen (secondary N) is 2. The van der Waals surface area contributed by atoms with E-state index in [2.05, 4.69) is 24.6 Å². The second-order valence-corrected chi connectivity index (χ2v) is 7.64. The first-order chi connectivity index (χ1) is 14.6. The van der Waals surface area contributed by atoms with E-state index in [0.717, 1.165) is 17.1 Å². The third-order valence-corrected chi connectivity index (χ3v) is 5.46. The molecule has 1 aliphatic heterocycles. The maximum Gasteiger partial charge on any atom is 0.255 e. The highest BCUT2D eigenvalue weighted by Crippen LogP contribution is 2.21. The molecule has 156 valence electrons. The minimum absolute atomic E-state index is 0.156. The van der Waals surface area contributed by atoms with Crippen LogP contribution in [0.3, 0.4) is 0 Å². The van der Waals surface area contributed by atoms with Crippen LogP contribution in [0.5, 0.6) is 0 Å². The van der Waals surface area contributed by atoms with Gasteiger partial charge in [-0.3, -0.25) is 14.6 Å². The van der Waals surface area contributed by atoms with Gasteiger partial charge in [-0.05, 0) is 13.3 Å². The van der Waals surface area contributed by atoms with Crippen molar-refractivity contribution in [2.75, 3.05) is 36.5 Å². The van der Waals surface area contributed by atoms with Crippen LogP contribution >= 0.6 is 11.5 Å². The van der Waals surface area contributed by atoms with E-state index >= 15 is 0 Å². The topological polar surface area (TPSA) is 113 Å². The van der Waals surface area contributed by atoms with Crippen molar-refractivity contribution in [1.29, 1.82) is 0 Å². The Morgan fingerprint density at radius 1 is 1.23 bits per heavy atom. The SMILES string of the molecule is Cc1nc(N2CCOCC2)[nH]c(=O)c1CCC(=O)Nc1nc(-c2ccccc2)ns1. The van der Waals surface area contributed by atoms with Crippen LogP contribution in [0.2, 0.25) is 0 Å². The summed E-state index contributed by atoms with van der Waals surface area (Å²) in [5.74, 6) is 0.907. The van der Waals surface area contributed by atoms with Gasteiger partial charge in [0.25, 0.3) is 5.56 Å². The number of H-pyrrole nitrogens is 1. The van der Waals surface area contributed by atoms with Crippen molar-refractivity contribution in [3.8, 4) is 11.4 Å². The molecule has 1 aliphatic rings. The zero-order valence-corrected chi connectivity index (χ0v) is 17.4. The quantitative estimate of drug-likeness (QED) is 0.620. The van der Waals surface area contributed by atoms with Gasteiger partial charge < -0.3 is 15.0 Å². The van der Waals surface area contributed by atoms with Crippen molar-refractivity contribution >= 4 is 28.5 Å². The van der Waals surface area contributed by atoms with E-state index < -0.39 is 0 Å². The highest BCUT2D eigenvalue weighted by molar-refractivity contribution is 7.10. The van der Waals surface area contributed by atoms with E-state index in [9.17, 15) is 9.59 Å². The second-order valence-electron chi connectivity index (χ2n) is 6.89. The Bertz CT molecular complexity index is 1080. The maximum absolute atomic E-state index is 12.5. The predicted molar refractivity (Wildman–Crippen MR) is 115 cm³/mol. The maximum atomic E-state index is 12.5. The first kappa shape index (κ1) is 20.2. The van der Waals surface area contributed by atoms with E-state index in [1.54, 1.807) is 6.92 Å². The lowest BCUT2D eigenvalue weighted by atomic mass is 10.1. The van der Waals surface area contributed by atoms with Crippen LogP contribution in [0.25, 0.3) is 11.4 Å². The van der Waals surface area contributed by atoms with Crippen molar-refractivity contribution < 1.29 is 9.53 Å². The summed E-state index contributed by atoms with van der Waals surface area (Å²) in [7, 11) is 0. The molecule has 3 aromatic rings. The lowest BCUT2D eigenvalue weighted by Crippen LogP contribution is -2.38. The Morgan fingerprint density at radius 3 is 2.73 bits per heavy atom. The summed E-state index contributed by atoms with van der Waals surface area (Å²) in [6, 6.07) is 9.57. The number of carbonyl (C=O) groups excluding carboxylic acids is 1. The van der Waals surface area contributed by atoms with Crippen molar-refractivity contribution in [3.05, 3.63) is 51.9 Å². The van der Waals surface area contributed by atoms with E-state index in [1.807, 2.05) is 35.2 Å². The number of rotatable bonds is 6. The standard InChI is InChI=1S/C20H22N6O3S/c1-13-15(18(28)24-19(21-13)26-9-11-29-12-10-26)7-8-16(27)22-20-23-17(25-30-20)14-5-3-2-4-6-14/h2-6H,7-12H2,1H3,(H,21,24,28)(H,22,23,25,27). The number of hydrogen-bond acceptors (Lipinski definition) is 8. The lowest BCUT2D eigenvalue weighted by Gasteiger charge is -2.27. The van der Waals surface area contributed by atoms with Crippen LogP contribution < -0.4 is 15.8 Å². The molecule has 0 bridgehead atoms. The summed E-state index contributed by atoms with van der Waals surface area (Å²) in [4.78, 5) is 38.6. The summed E-state index contributed by atoms with van der Waals surface area (Å²) in [6.45, 7) is 4.40. The molecule has 0 radical (unpaired) electrons. The molecule has 1 aromatic carbocycles. The molecule has 1 amide bonds. The Hall–Kier alpha value is -3.11. The fourth-order valence-corrected chi connectivity index (χ4v) is 3.82. The molecule has 30 heavy (non-hydrogen) atoms. The minimum atomic E-state index is -0.221. The highest BCUT2D eigenvalue weighted by Gasteiger charge is 2.17. The molecule has 4 rings (SSSR count). The van der Waals surface area contributed by atoms with E-state index in [4.69, 9.17) is 4.74 Å². The molecule has 0 aliphatic carbocycles. The molecule has 2 N–H and O–H groups in total. The molecule has 0 spiro atoms. The van der Waals surface area contributed by atoms with E-state index in [0.29, 0.717) is 60.9 Å². The fraction of sp³-hybridized carbons (Fsp3) is 0.350. The van der Waals surface area contributed by atoms with E-state index in [1.165, 1.54) is 0 Å². The van der Waals surface area contributed by atoms with Crippen molar-refractivity contribution in [2.24, 2.45) is 0 Å². The van der Waals surface area contributed by atoms with Gasteiger partial charge in [-0.15, -0.1) is 0 Å². The number of ether oxygens (including phenoxy) is 1. The van der Waals surface area contributed by atoms with Crippen LogP contribution in [0.1, 0.15) is 17.7 Å². The first-order valence-electron chi connectivity index (χ1n) is 9.71. The number of benzene rings is 1. The molecule has 1 saturated heterocycles. The lowest BCUT2D eigenvalue weighted by molar-refractivity contribution is -0.116. The average Bonchev–Trinajstić information content (AvgIpc) is 3.22. The Morgan fingerprint density at radius 2 is 2.00 bits per heavy atom. The Kier molecular flexibility index (Phi) is 6.15. The van der Waals surface area contributed by atoms with Crippen molar-refractivity contribution in [2.45, 2.75) is 19.8 Å². The van der Waals surface area contributed by atoms with Crippen LogP contribution in [0.4, 0.5) is 11.1 Å². The summed E-state index contributed by atoms with van der Waals surface area (Å²) in [5, 5.41) is 3.19. The van der Waals surface area contributed by atoms with Crippen LogP contribution in [0, 0.1) is 6.92 Å². The minimum Gasteiger partial charge on any atom is -0.378 e. The Labute approximate surface area is 177 Å². The summed E-state index contributed by atoms with van der Waals surface area (Å²) < 4.78 is 9.61. The number of morpholine rings is 1. The van der Waals surface area contributed by atoms with Gasteiger partial charge >= 0.3 is 0 Å². The number of aryl methyl sites for hydroxylation is 1. The number of hydrogen-bond donors (Lipinski definition) is 2. The van der Waals surface area contributed by atoms with Crippen molar-refractivity contribution in [1.82, 2.24) is 19.3 Å². The van der Waals surface area contributed by atoms with Gasteiger partial charge in [0.05, 0.1) is 13.2 Å². The number of carbonyl (C=O) groups is 1. The average molecular weight is 427 g/mol. The third-order valence-electron chi connectivity index (χ3n) is 4.83. The fourth-order valence-electron chi connectivity index (χ4n) is 3.21. The molecular formula is C20H22N6O3S. The first-order valence-corrected chi connectivity index (χ1v) is 10.5. The van der Waals surface area contributed by atoms with Gasteiger partial charge in [-0.1, -0.05) is 30.3 Å². The second kappa shape index (κ2) is 9.14. The molecule has 9 nitrogen and oxygen atoms in total. The molecule has 10 heteroatoms. The molecule has 3 heterocycles. The molecular weight excluding hydrogens is 404 g/mol. The van der Waals surface area contributed by atoms with Crippen LogP contribution in [-0.4, -0.2) is 51.5 Å². The molecule has 0 atom stereocenters. The number of amides is 1. The van der Waals surface area contributed by atoms with Gasteiger partial charge in [-0.2, -0.15) is 9.36 Å². The Balaban J connectivity index is 1.37. The summed E-state index contributed by atoms with van der Waals surface area (Å²) >= 11 is 1.13. The van der Waals surface area contributed by atoms with Gasteiger partial charge in [0.15, 0.2) is 5.82 Å². The van der Waals surface area contributed by atoms with Gasteiger partial charge in [-0.25, -0.2) is 4.98 Å². The summed E-state index contributed by atoms with van der Waals surface area (Å²) in [5.41, 5.74) is 1.83. The predicted octanol–water partition coefficient (Wildman–Crippen LogP) is 2.00. The largest absolute Gasteiger partial charge is 0.378 e. The molecule has 0 saturated carbocycles. The number of nitrogens with zero attached hydrogens (tertiary/aromatic N) is 4. The van der Waals surface area contributed by atoms with Crippen LogP contribution in [-0.2, 0) is 16.0 Å². The monoisotopic (exact) mass is 426 g/mol. The summed E-state index contributed by atoms with van der Waals surface area (Å²) in [6.07, 6.45) is 0.455. The van der Waals surface area contributed by atoms with Crippen LogP contribution in [0.15, 0.2) is 35.1 Å². The molecule has 1 fully saturated rings. The zero-order valence-electron chi connectivity index (χ0n) is 16.6. The van der Waals surface area contributed by atoms with E-state index in [-0.39, 0.29) is 17.9 Å². The van der Waals surface area contributed by atoms with Crippen molar-refractivity contribution in [3.63, 3.8) is 0 Å². The molecule has 0 unspecified atom stereocenters. The number of aromatic nitrogens is 4. The van der Waals surface area contributed by atoms with Gasteiger partial charge in [0, 0.05) is 47.9 Å². The van der Waals surface area contributed by atoms with Gasteiger partial charge in [0.2, 0.25) is 17.0 Å². The zero-order chi connectivity index (χ0) is 20.9.